The first-order valence-electron chi connectivity index (χ1n) is 11.2. The Morgan fingerprint density at radius 1 is 1.32 bits per heavy atom. The van der Waals surface area contributed by atoms with Gasteiger partial charge in [0.1, 0.15) is 17.1 Å². The number of aromatic hydroxyl groups is 1. The molecule has 1 aliphatic rings. The van der Waals surface area contributed by atoms with Gasteiger partial charge in [-0.1, -0.05) is 48.7 Å². The predicted octanol–water partition coefficient (Wildman–Crippen LogP) is 6.37. The van der Waals surface area contributed by atoms with Crippen molar-refractivity contribution in [2.75, 3.05) is 13.2 Å². The highest BCUT2D eigenvalue weighted by molar-refractivity contribution is 5.94. The van der Waals surface area contributed by atoms with Crippen molar-refractivity contribution in [3.05, 3.63) is 51.5 Å². The molecule has 0 saturated heterocycles. The van der Waals surface area contributed by atoms with E-state index in [1.165, 1.54) is 5.57 Å². The van der Waals surface area contributed by atoms with E-state index in [1.54, 1.807) is 6.07 Å². The third kappa shape index (κ3) is 6.18. The molecule has 6 nitrogen and oxygen atoms in total. The molecule has 0 bridgehead atoms. The monoisotopic (exact) mass is 429 g/mol. The maximum Gasteiger partial charge on any atom is 0.339 e. The van der Waals surface area contributed by atoms with Crippen LogP contribution < -0.4 is 4.74 Å². The topological polar surface area (TPSA) is 96.2 Å². The van der Waals surface area contributed by atoms with Gasteiger partial charge in [-0.15, -0.1) is 0 Å². The molecule has 0 aromatic heterocycles. The van der Waals surface area contributed by atoms with E-state index in [9.17, 15) is 19.9 Å². The molecule has 1 aromatic rings. The van der Waals surface area contributed by atoms with E-state index < -0.39 is 5.97 Å². The highest BCUT2D eigenvalue weighted by Gasteiger charge is 2.33. The van der Waals surface area contributed by atoms with Gasteiger partial charge in [0.2, 0.25) is 0 Å². The second-order valence-electron chi connectivity index (χ2n) is 8.52. The Balaban J connectivity index is 2.62. The average Bonchev–Trinajstić information content (AvgIpc) is 2.70. The number of hydrogen-bond acceptors (Lipinski definition) is 5. The van der Waals surface area contributed by atoms with Gasteiger partial charge in [0.25, 0.3) is 0 Å². The molecule has 0 spiro atoms. The summed E-state index contributed by atoms with van der Waals surface area (Å²) in [5, 5.41) is 24.0. The van der Waals surface area contributed by atoms with Crippen LogP contribution in [0.3, 0.4) is 0 Å². The Morgan fingerprint density at radius 3 is 2.68 bits per heavy atom. The van der Waals surface area contributed by atoms with Gasteiger partial charge in [-0.2, -0.15) is 4.91 Å². The van der Waals surface area contributed by atoms with Crippen LogP contribution in [0, 0.1) is 10.8 Å². The molecule has 6 heteroatoms. The Labute approximate surface area is 185 Å². The molecular weight excluding hydrogens is 394 g/mol. The summed E-state index contributed by atoms with van der Waals surface area (Å²) >= 11 is 0. The number of aromatic carboxylic acids is 1. The van der Waals surface area contributed by atoms with Crippen LogP contribution in [0.1, 0.15) is 86.7 Å². The smallest absolute Gasteiger partial charge is 0.339 e. The van der Waals surface area contributed by atoms with Crippen molar-refractivity contribution < 1.29 is 19.7 Å². The lowest BCUT2D eigenvalue weighted by Crippen LogP contribution is -2.19. The summed E-state index contributed by atoms with van der Waals surface area (Å²) < 4.78 is 6.01. The fourth-order valence-electron chi connectivity index (χ4n) is 4.37. The molecule has 2 unspecified atom stereocenters. The van der Waals surface area contributed by atoms with Crippen molar-refractivity contribution in [2.45, 2.75) is 71.6 Å². The molecule has 1 aliphatic carbocycles. The molecule has 2 atom stereocenters. The molecule has 0 saturated carbocycles. The minimum atomic E-state index is -1.13. The van der Waals surface area contributed by atoms with Gasteiger partial charge in [0, 0.05) is 17.9 Å². The van der Waals surface area contributed by atoms with Crippen LogP contribution in [0.5, 0.6) is 11.5 Å². The van der Waals surface area contributed by atoms with Crippen LogP contribution in [0.4, 0.5) is 0 Å². The van der Waals surface area contributed by atoms with Crippen LogP contribution in [-0.2, 0) is 6.42 Å². The third-order valence-electron chi connectivity index (χ3n) is 6.01. The van der Waals surface area contributed by atoms with Crippen LogP contribution in [0.2, 0.25) is 0 Å². The number of nitrogens with zero attached hydrogens (tertiary/aromatic N) is 1. The van der Waals surface area contributed by atoms with Crippen LogP contribution >= 0.6 is 0 Å². The quantitative estimate of drug-likeness (QED) is 0.228. The first-order valence-corrected chi connectivity index (χ1v) is 11.2. The Kier molecular flexibility index (Phi) is 9.28. The highest BCUT2D eigenvalue weighted by Crippen LogP contribution is 2.48. The molecule has 31 heavy (non-hydrogen) atoms. The summed E-state index contributed by atoms with van der Waals surface area (Å²) in [6.45, 7) is 10.7. The molecule has 0 radical (unpaired) electrons. The Hall–Kier alpha value is -2.63. The number of carboxylic acids is 1. The van der Waals surface area contributed by atoms with Gasteiger partial charge < -0.3 is 14.9 Å². The number of allylic oxidation sites excluding steroid dienone is 3. The summed E-state index contributed by atoms with van der Waals surface area (Å²) in [5.41, 5.74) is 3.23. The fourth-order valence-corrected chi connectivity index (χ4v) is 4.37. The number of hydrogen-bond donors (Lipinski definition) is 2. The number of benzene rings is 1. The summed E-state index contributed by atoms with van der Waals surface area (Å²) in [6.07, 6.45) is 7.76. The maximum atomic E-state index is 12.1. The number of ether oxygens (including phenoxy) is 1. The first-order chi connectivity index (χ1) is 14.8. The van der Waals surface area contributed by atoms with E-state index in [0.29, 0.717) is 29.7 Å². The second-order valence-corrected chi connectivity index (χ2v) is 8.52. The Morgan fingerprint density at radius 2 is 2.06 bits per heavy atom. The molecule has 0 heterocycles. The van der Waals surface area contributed by atoms with Gasteiger partial charge in [0.15, 0.2) is 0 Å². The van der Waals surface area contributed by atoms with Crippen molar-refractivity contribution >= 4 is 5.97 Å². The molecule has 2 N–H and O–H groups in total. The number of phenols is 1. The minimum absolute atomic E-state index is 0.0369. The number of nitroso groups, excluding NO2 is 1. The zero-order valence-corrected chi connectivity index (χ0v) is 18.9. The van der Waals surface area contributed by atoms with Gasteiger partial charge in [-0.3, -0.25) is 0 Å². The number of rotatable bonds is 12. The SMILES string of the molecule is C=C(C)C1CCC(C)=CC1c1c(OCCCN=O)cc(CCCCC)c(C(=O)O)c1O. The Bertz CT molecular complexity index is 843. The van der Waals surface area contributed by atoms with Crippen molar-refractivity contribution in [3.63, 3.8) is 0 Å². The van der Waals surface area contributed by atoms with E-state index in [0.717, 1.165) is 37.7 Å². The van der Waals surface area contributed by atoms with E-state index in [1.807, 2.05) is 13.8 Å². The number of carbonyl (C=O) groups is 1. The average molecular weight is 430 g/mol. The predicted molar refractivity (Wildman–Crippen MR) is 123 cm³/mol. The van der Waals surface area contributed by atoms with Crippen molar-refractivity contribution in [3.8, 4) is 11.5 Å². The lowest BCUT2D eigenvalue weighted by Gasteiger charge is -2.32. The number of unbranched alkanes of at least 4 members (excludes halogenated alkanes) is 2. The van der Waals surface area contributed by atoms with E-state index in [-0.39, 0.29) is 36.3 Å². The van der Waals surface area contributed by atoms with Crippen LogP contribution in [0.25, 0.3) is 0 Å². The molecule has 2 rings (SSSR count). The zero-order valence-electron chi connectivity index (χ0n) is 18.9. The van der Waals surface area contributed by atoms with Crippen molar-refractivity contribution in [2.24, 2.45) is 11.1 Å². The van der Waals surface area contributed by atoms with Crippen molar-refractivity contribution in [1.82, 2.24) is 0 Å². The summed E-state index contributed by atoms with van der Waals surface area (Å²) in [6, 6.07) is 1.77. The van der Waals surface area contributed by atoms with Crippen LogP contribution in [0.15, 0.2) is 35.0 Å². The molecule has 0 amide bonds. The summed E-state index contributed by atoms with van der Waals surface area (Å²) in [7, 11) is 0. The van der Waals surface area contributed by atoms with Crippen LogP contribution in [-0.4, -0.2) is 29.3 Å². The van der Waals surface area contributed by atoms with Gasteiger partial charge in [-0.05, 0) is 57.1 Å². The maximum absolute atomic E-state index is 12.1. The molecule has 0 fully saturated rings. The normalized spacial score (nSPS) is 18.4. The number of aryl methyl sites for hydroxylation is 1. The van der Waals surface area contributed by atoms with E-state index in [2.05, 4.69) is 24.8 Å². The third-order valence-corrected chi connectivity index (χ3v) is 6.01. The van der Waals surface area contributed by atoms with Gasteiger partial charge >= 0.3 is 5.97 Å². The molecule has 0 aliphatic heterocycles. The zero-order chi connectivity index (χ0) is 23.0. The largest absolute Gasteiger partial charge is 0.507 e. The van der Waals surface area contributed by atoms with E-state index in [4.69, 9.17) is 4.74 Å². The first kappa shape index (κ1) is 24.6. The summed E-state index contributed by atoms with van der Waals surface area (Å²) in [5.74, 6) is -0.992. The lowest BCUT2D eigenvalue weighted by molar-refractivity contribution is 0.0692. The van der Waals surface area contributed by atoms with Gasteiger partial charge in [-0.25, -0.2) is 4.79 Å². The number of carboxylic acid groups (broad SMARTS) is 1. The van der Waals surface area contributed by atoms with E-state index >= 15 is 0 Å². The minimum Gasteiger partial charge on any atom is -0.507 e. The molecule has 1 aromatic carbocycles. The van der Waals surface area contributed by atoms with Gasteiger partial charge in [0.05, 0.1) is 13.2 Å². The second kappa shape index (κ2) is 11.7. The summed E-state index contributed by atoms with van der Waals surface area (Å²) in [4.78, 5) is 22.6. The highest BCUT2D eigenvalue weighted by atomic mass is 16.5. The molecular formula is C25H35NO5. The van der Waals surface area contributed by atoms with Crippen molar-refractivity contribution in [1.29, 1.82) is 0 Å². The lowest BCUT2D eigenvalue weighted by atomic mass is 9.73. The standard InChI is InChI=1S/C25H35NO5/c1-5-6-7-9-18-15-21(31-13-8-12-26-30)23(24(27)22(18)25(28)29)20-14-17(4)10-11-19(20)16(2)3/h14-15,19-20,27H,2,5-13H2,1,3-4H3,(H,28,29). The fraction of sp³-hybridized carbons (Fsp3) is 0.560. The molecule has 170 valence electrons.